The summed E-state index contributed by atoms with van der Waals surface area (Å²) in [7, 11) is 0. The highest BCUT2D eigenvalue weighted by Crippen LogP contribution is 1.92. The van der Waals surface area contributed by atoms with Crippen molar-refractivity contribution in [2.45, 2.75) is 20.8 Å². The smallest absolute Gasteiger partial charge is 0.152 e. The minimum atomic E-state index is 0.124. The molecule has 0 aliphatic rings. The van der Waals surface area contributed by atoms with E-state index in [4.69, 9.17) is 0 Å². The number of carbonyl (C=O) groups excluding carboxylic acids is 1. The molecule has 1 nitrogen and oxygen atoms in total. The predicted octanol–water partition coefficient (Wildman–Crippen LogP) is 1.79. The van der Waals surface area contributed by atoms with Crippen molar-refractivity contribution in [1.82, 2.24) is 0 Å². The second-order valence-corrected chi connectivity index (χ2v) is 2.21. The van der Waals surface area contributed by atoms with E-state index < -0.39 is 0 Å². The normalized spacial score (nSPS) is 11.0. The van der Waals surface area contributed by atoms with E-state index in [1.165, 1.54) is 0 Å². The maximum atomic E-state index is 10.3. The van der Waals surface area contributed by atoms with Crippen molar-refractivity contribution >= 4 is 5.78 Å². The van der Waals surface area contributed by atoms with E-state index in [0.29, 0.717) is 5.92 Å². The van der Waals surface area contributed by atoms with Crippen molar-refractivity contribution in [2.75, 3.05) is 0 Å². The van der Waals surface area contributed by atoms with Gasteiger partial charge in [-0.3, -0.25) is 4.79 Å². The quantitative estimate of drug-likeness (QED) is 0.498. The fraction of sp³-hybridized carbons (Fsp3) is 0.571. The first-order valence-corrected chi connectivity index (χ1v) is 2.81. The summed E-state index contributed by atoms with van der Waals surface area (Å²) < 4.78 is 0. The van der Waals surface area contributed by atoms with E-state index in [-0.39, 0.29) is 5.78 Å². The number of allylic oxidation sites excluding steroid dienone is 2. The van der Waals surface area contributed by atoms with Crippen LogP contribution in [0.25, 0.3) is 0 Å². The summed E-state index contributed by atoms with van der Waals surface area (Å²) in [4.78, 5) is 10.3. The van der Waals surface area contributed by atoms with Crippen LogP contribution >= 0.6 is 0 Å². The molecule has 0 N–H and O–H groups in total. The molecule has 0 aromatic heterocycles. The fourth-order valence-corrected chi connectivity index (χ4v) is 0.328. The van der Waals surface area contributed by atoms with Crippen LogP contribution in [0.1, 0.15) is 20.8 Å². The van der Waals surface area contributed by atoms with Gasteiger partial charge in [0.2, 0.25) is 0 Å². The van der Waals surface area contributed by atoms with E-state index in [9.17, 15) is 4.79 Å². The van der Waals surface area contributed by atoms with E-state index in [2.05, 4.69) is 0 Å². The molecule has 0 aliphatic heterocycles. The van der Waals surface area contributed by atoms with E-state index in [1.807, 2.05) is 19.9 Å². The molecule has 0 spiro atoms. The van der Waals surface area contributed by atoms with Crippen LogP contribution in [0.15, 0.2) is 12.2 Å². The van der Waals surface area contributed by atoms with Crippen LogP contribution in [-0.2, 0) is 4.79 Å². The maximum absolute atomic E-state index is 10.3. The van der Waals surface area contributed by atoms with Gasteiger partial charge in [0.15, 0.2) is 5.78 Å². The Balaban J connectivity index is 3.50. The molecular formula is C7H12O. The van der Waals surface area contributed by atoms with Crippen LogP contribution in [-0.4, -0.2) is 5.78 Å². The molecule has 0 radical (unpaired) electrons. The Morgan fingerprint density at radius 1 is 1.50 bits per heavy atom. The first kappa shape index (κ1) is 7.41. The number of ketones is 1. The molecule has 0 bridgehead atoms. The van der Waals surface area contributed by atoms with Gasteiger partial charge in [0.05, 0.1) is 0 Å². The zero-order valence-electron chi connectivity index (χ0n) is 5.64. The van der Waals surface area contributed by atoms with Gasteiger partial charge in [0, 0.05) is 0 Å². The molecule has 0 amide bonds. The van der Waals surface area contributed by atoms with Gasteiger partial charge in [0.1, 0.15) is 0 Å². The van der Waals surface area contributed by atoms with Gasteiger partial charge in [-0.05, 0) is 18.9 Å². The van der Waals surface area contributed by atoms with E-state index in [0.717, 1.165) is 0 Å². The zero-order chi connectivity index (χ0) is 6.57. The molecule has 0 saturated carbocycles. The maximum Gasteiger partial charge on any atom is 0.152 e. The number of carbonyl (C=O) groups is 1. The molecule has 0 heterocycles. The lowest BCUT2D eigenvalue weighted by molar-refractivity contribution is -0.112. The van der Waals surface area contributed by atoms with Gasteiger partial charge in [-0.15, -0.1) is 0 Å². The summed E-state index contributed by atoms with van der Waals surface area (Å²) in [6.45, 7) is 5.64. The summed E-state index contributed by atoms with van der Waals surface area (Å²) in [5.74, 6) is 0.609. The minimum absolute atomic E-state index is 0.124. The van der Waals surface area contributed by atoms with Crippen LogP contribution in [0, 0.1) is 5.92 Å². The highest BCUT2D eigenvalue weighted by atomic mass is 16.1. The topological polar surface area (TPSA) is 17.1 Å². The first-order valence-electron chi connectivity index (χ1n) is 2.81. The lowest BCUT2D eigenvalue weighted by atomic mass is 10.2. The van der Waals surface area contributed by atoms with Gasteiger partial charge in [-0.2, -0.15) is 0 Å². The Morgan fingerprint density at radius 2 is 2.00 bits per heavy atom. The molecule has 46 valence electrons. The molecule has 0 atom stereocenters. The molecule has 8 heavy (non-hydrogen) atoms. The molecule has 0 aromatic rings. The molecule has 0 rings (SSSR count). The molecule has 0 saturated heterocycles. The fourth-order valence-electron chi connectivity index (χ4n) is 0.328. The van der Waals surface area contributed by atoms with Crippen molar-refractivity contribution in [3.8, 4) is 0 Å². The zero-order valence-corrected chi connectivity index (χ0v) is 5.64. The lowest BCUT2D eigenvalue weighted by Gasteiger charge is -1.88. The van der Waals surface area contributed by atoms with Crippen LogP contribution in [0.3, 0.4) is 0 Å². The first-order chi connectivity index (χ1) is 3.63. The SMILES string of the molecule is CC(=O)C=CC(C)C. The monoisotopic (exact) mass is 112 g/mol. The lowest BCUT2D eigenvalue weighted by Crippen LogP contribution is -1.83. The summed E-state index contributed by atoms with van der Waals surface area (Å²) in [5, 5.41) is 0. The Labute approximate surface area is 50.4 Å². The van der Waals surface area contributed by atoms with E-state index in [1.54, 1.807) is 13.0 Å². The number of rotatable bonds is 2. The van der Waals surface area contributed by atoms with Gasteiger partial charge < -0.3 is 0 Å². The average molecular weight is 112 g/mol. The third kappa shape index (κ3) is 5.41. The van der Waals surface area contributed by atoms with Crippen molar-refractivity contribution in [3.63, 3.8) is 0 Å². The molecule has 0 aromatic carbocycles. The molecule has 0 fully saturated rings. The van der Waals surface area contributed by atoms with Gasteiger partial charge in [-0.1, -0.05) is 19.9 Å². The molecule has 1 heteroatoms. The number of hydrogen-bond acceptors (Lipinski definition) is 1. The van der Waals surface area contributed by atoms with Crippen molar-refractivity contribution in [3.05, 3.63) is 12.2 Å². The molecule has 0 unspecified atom stereocenters. The van der Waals surface area contributed by atoms with E-state index >= 15 is 0 Å². The summed E-state index contributed by atoms with van der Waals surface area (Å²) in [6.07, 6.45) is 3.49. The third-order valence-corrected chi connectivity index (χ3v) is 0.716. The van der Waals surface area contributed by atoms with Gasteiger partial charge >= 0.3 is 0 Å². The summed E-state index contributed by atoms with van der Waals surface area (Å²) >= 11 is 0. The van der Waals surface area contributed by atoms with Gasteiger partial charge in [-0.25, -0.2) is 0 Å². The number of hydrogen-bond donors (Lipinski definition) is 0. The highest BCUT2D eigenvalue weighted by molar-refractivity contribution is 5.87. The second-order valence-electron chi connectivity index (χ2n) is 2.21. The average Bonchev–Trinajstić information content (AvgIpc) is 1.61. The predicted molar refractivity (Wildman–Crippen MR) is 34.7 cm³/mol. The summed E-state index contributed by atoms with van der Waals surface area (Å²) in [6, 6.07) is 0. The van der Waals surface area contributed by atoms with Crippen molar-refractivity contribution in [1.29, 1.82) is 0 Å². The Kier molecular flexibility index (Phi) is 3.16. The molecule has 0 aliphatic carbocycles. The third-order valence-electron chi connectivity index (χ3n) is 0.716. The second kappa shape index (κ2) is 3.42. The van der Waals surface area contributed by atoms with Crippen molar-refractivity contribution in [2.24, 2.45) is 5.92 Å². The largest absolute Gasteiger partial charge is 0.295 e. The minimum Gasteiger partial charge on any atom is -0.295 e. The Morgan fingerprint density at radius 3 is 2.12 bits per heavy atom. The Bertz CT molecular complexity index is 101. The van der Waals surface area contributed by atoms with Crippen LogP contribution in [0.2, 0.25) is 0 Å². The van der Waals surface area contributed by atoms with Crippen LogP contribution in [0.4, 0.5) is 0 Å². The molecular weight excluding hydrogens is 100 g/mol. The van der Waals surface area contributed by atoms with Crippen molar-refractivity contribution < 1.29 is 4.79 Å². The summed E-state index contributed by atoms with van der Waals surface area (Å²) in [5.41, 5.74) is 0. The van der Waals surface area contributed by atoms with Crippen LogP contribution < -0.4 is 0 Å². The van der Waals surface area contributed by atoms with Crippen LogP contribution in [0.5, 0.6) is 0 Å². The highest BCUT2D eigenvalue weighted by Gasteiger charge is 1.84. The standard InChI is InChI=1S/C7H12O/c1-6(2)4-5-7(3)8/h4-6H,1-3H3. The Hall–Kier alpha value is -0.590. The van der Waals surface area contributed by atoms with Gasteiger partial charge in [0.25, 0.3) is 0 Å².